The molecule has 1 amide bonds. The number of amides is 1. The summed E-state index contributed by atoms with van der Waals surface area (Å²) in [7, 11) is 0. The van der Waals surface area contributed by atoms with Gasteiger partial charge in [0.25, 0.3) is 0 Å². The van der Waals surface area contributed by atoms with E-state index in [9.17, 15) is 0 Å². The van der Waals surface area contributed by atoms with Gasteiger partial charge in [0.2, 0.25) is 0 Å². The summed E-state index contributed by atoms with van der Waals surface area (Å²) < 4.78 is 8.26. The van der Waals surface area contributed by atoms with Crippen molar-refractivity contribution in [3.63, 3.8) is 0 Å². The molecule has 5 heteroatoms. The Morgan fingerprint density at radius 3 is 1.67 bits per heavy atom. The van der Waals surface area contributed by atoms with Gasteiger partial charge in [-0.3, -0.25) is 0 Å². The van der Waals surface area contributed by atoms with Crippen LogP contribution in [0.5, 0.6) is 0 Å². The van der Waals surface area contributed by atoms with Crippen molar-refractivity contribution in [3.05, 3.63) is 0 Å². The van der Waals surface area contributed by atoms with Gasteiger partial charge in [0, 0.05) is 0 Å². The van der Waals surface area contributed by atoms with Crippen LogP contribution in [-0.4, -0.2) is 11.2 Å². The van der Waals surface area contributed by atoms with Crippen molar-refractivity contribution in [2.45, 2.75) is 0 Å². The van der Waals surface area contributed by atoms with Gasteiger partial charge in [0.1, 0.15) is 0 Å². The molecule has 0 spiro atoms. The zero-order valence-corrected chi connectivity index (χ0v) is 4.76. The summed E-state index contributed by atoms with van der Waals surface area (Å²) in [6, 6.07) is 0. The number of carboxylic acid groups (broad SMARTS) is 1. The van der Waals surface area contributed by atoms with Crippen LogP contribution in [0.15, 0.2) is 0 Å². The number of nitrogens with two attached hydrogens (primary N) is 1. The second-order valence-corrected chi connectivity index (χ2v) is 0.338. The van der Waals surface area contributed by atoms with E-state index in [1.54, 1.807) is 0 Å². The van der Waals surface area contributed by atoms with Crippen molar-refractivity contribution in [3.8, 4) is 0 Å². The average molecular weight is 173 g/mol. The van der Waals surface area contributed by atoms with E-state index in [0.717, 1.165) is 0 Å². The molecule has 0 heterocycles. The standard InChI is InChI=1S/CH3NO2.Mo.O/c2-1(3)4;;/h2H2,(H,3,4);;. The molecule has 0 fully saturated rings. The summed E-state index contributed by atoms with van der Waals surface area (Å²) in [5, 5.41) is 7.19. The number of hydrogen-bond donors (Lipinski definition) is 2. The zero-order valence-electron chi connectivity index (χ0n) is 2.75. The Kier molecular flexibility index (Phi) is 13.6. The Morgan fingerprint density at radius 1 is 1.67 bits per heavy atom. The Hall–Kier alpha value is -0.242. The molecule has 0 atom stereocenters. The average Bonchev–Trinajstić information content (AvgIpc) is 1.41. The zero-order chi connectivity index (χ0) is 5.58. The normalized spacial score (nSPS) is 4.67. The Labute approximate surface area is 45.5 Å². The monoisotopic (exact) mass is 175 g/mol. The molecule has 0 aromatic carbocycles. The predicted molar refractivity (Wildman–Crippen MR) is 12.9 cm³/mol. The quantitative estimate of drug-likeness (QED) is 0.484. The summed E-state index contributed by atoms with van der Waals surface area (Å²) >= 11 is 0.700. The van der Waals surface area contributed by atoms with E-state index in [4.69, 9.17) is 13.3 Å². The fourth-order valence-electron chi connectivity index (χ4n) is 0. The Balaban J connectivity index is 0. The molecule has 0 bridgehead atoms. The van der Waals surface area contributed by atoms with Crippen molar-refractivity contribution < 1.29 is 33.1 Å². The molecule has 0 aromatic rings. The maximum atomic E-state index is 8.78. The van der Waals surface area contributed by atoms with Crippen LogP contribution >= 0.6 is 0 Å². The van der Waals surface area contributed by atoms with Crippen LogP contribution in [0.1, 0.15) is 0 Å². The van der Waals surface area contributed by atoms with Gasteiger partial charge >= 0.3 is 29.3 Å². The first-order chi connectivity index (χ1) is 2.73. The van der Waals surface area contributed by atoms with Gasteiger partial charge in [-0.05, 0) is 0 Å². The molecule has 0 aliphatic rings. The first-order valence-corrected chi connectivity index (χ1v) is 1.70. The molecule has 6 heavy (non-hydrogen) atoms. The topological polar surface area (TPSA) is 80.4 Å². The fraction of sp³-hybridized carbons (Fsp3) is 0. The number of rotatable bonds is 0. The van der Waals surface area contributed by atoms with Gasteiger partial charge in [-0.2, -0.15) is 0 Å². The molecule has 0 aliphatic carbocycles. The molecule has 0 aliphatic heterocycles. The molecule has 0 radical (unpaired) electrons. The third-order valence-corrected chi connectivity index (χ3v) is 0. The van der Waals surface area contributed by atoms with E-state index in [1.807, 2.05) is 0 Å². The summed E-state index contributed by atoms with van der Waals surface area (Å²) in [5.74, 6) is 0. The molecular weight excluding hydrogens is 170 g/mol. The van der Waals surface area contributed by atoms with Crippen molar-refractivity contribution in [2.24, 2.45) is 5.73 Å². The van der Waals surface area contributed by atoms with Gasteiger partial charge in [0.15, 0.2) is 0 Å². The fourth-order valence-corrected chi connectivity index (χ4v) is 0. The minimum atomic E-state index is -1.33. The number of hydrogen-bond acceptors (Lipinski definition) is 2. The third kappa shape index (κ3) is 490. The van der Waals surface area contributed by atoms with Crippen LogP contribution in [-0.2, 0) is 23.2 Å². The van der Waals surface area contributed by atoms with Crippen LogP contribution in [0.4, 0.5) is 4.79 Å². The Morgan fingerprint density at radius 2 is 1.67 bits per heavy atom. The van der Waals surface area contributed by atoms with Crippen molar-refractivity contribution in [2.75, 3.05) is 0 Å². The van der Waals surface area contributed by atoms with Gasteiger partial charge in [-0.1, -0.05) is 0 Å². The minimum absolute atomic E-state index is 0.700. The molecule has 0 rings (SSSR count). The third-order valence-electron chi connectivity index (χ3n) is 0. The molecule has 0 aromatic heterocycles. The van der Waals surface area contributed by atoms with Crippen LogP contribution < -0.4 is 5.73 Å². The second-order valence-electron chi connectivity index (χ2n) is 0.338. The number of primary amides is 1. The van der Waals surface area contributed by atoms with E-state index in [2.05, 4.69) is 5.73 Å². The summed E-state index contributed by atoms with van der Waals surface area (Å²) in [5.41, 5.74) is 4.03. The summed E-state index contributed by atoms with van der Waals surface area (Å²) in [6.45, 7) is 0. The molecular formula is CH3MoNO3. The SMILES string of the molecule is NC(=O)O.[O]=[Mo]. The first-order valence-electron chi connectivity index (χ1n) is 0.883. The first kappa shape index (κ1) is 9.23. The van der Waals surface area contributed by atoms with Gasteiger partial charge in [-0.15, -0.1) is 0 Å². The van der Waals surface area contributed by atoms with E-state index < -0.39 is 6.09 Å². The summed E-state index contributed by atoms with van der Waals surface area (Å²) in [6.07, 6.45) is -1.33. The van der Waals surface area contributed by atoms with E-state index >= 15 is 0 Å². The van der Waals surface area contributed by atoms with Crippen LogP contribution in [0, 0.1) is 0 Å². The Bertz CT molecular complexity index is 42.1. The molecule has 0 unspecified atom stereocenters. The second kappa shape index (κ2) is 8.83. The number of carbonyl (C=O) groups is 1. The maximum absolute atomic E-state index is 8.78. The van der Waals surface area contributed by atoms with E-state index in [1.165, 1.54) is 0 Å². The van der Waals surface area contributed by atoms with Crippen LogP contribution in [0.25, 0.3) is 0 Å². The summed E-state index contributed by atoms with van der Waals surface area (Å²) in [4.78, 5) is 8.78. The van der Waals surface area contributed by atoms with Crippen molar-refractivity contribution >= 4 is 6.09 Å². The van der Waals surface area contributed by atoms with Crippen molar-refractivity contribution in [1.82, 2.24) is 0 Å². The van der Waals surface area contributed by atoms with Gasteiger partial charge < -0.3 is 10.8 Å². The van der Waals surface area contributed by atoms with Crippen molar-refractivity contribution in [1.29, 1.82) is 0 Å². The van der Waals surface area contributed by atoms with E-state index in [-0.39, 0.29) is 0 Å². The van der Waals surface area contributed by atoms with Gasteiger partial charge in [0.05, 0.1) is 0 Å². The molecule has 0 saturated heterocycles. The molecule has 4 nitrogen and oxygen atoms in total. The van der Waals surface area contributed by atoms with Gasteiger partial charge in [-0.25, -0.2) is 4.79 Å². The molecule has 36 valence electrons. The molecule has 0 saturated carbocycles. The predicted octanol–water partition coefficient (Wildman–Crippen LogP) is -0.498. The van der Waals surface area contributed by atoms with Crippen LogP contribution in [0.2, 0.25) is 0 Å². The van der Waals surface area contributed by atoms with E-state index in [0.29, 0.717) is 19.8 Å². The molecule has 3 N–H and O–H groups in total. The van der Waals surface area contributed by atoms with Crippen LogP contribution in [0.3, 0.4) is 0 Å².